The van der Waals surface area contributed by atoms with Crippen molar-refractivity contribution in [3.05, 3.63) is 35.9 Å². The summed E-state index contributed by atoms with van der Waals surface area (Å²) >= 11 is 0. The van der Waals surface area contributed by atoms with Crippen LogP contribution in [0.2, 0.25) is 0 Å². The highest BCUT2D eigenvalue weighted by atomic mass is 32.2. The maximum atomic E-state index is 12.1. The molecule has 4 nitrogen and oxygen atoms in total. The largest absolute Gasteiger partial charge is 0.475 e. The van der Waals surface area contributed by atoms with Crippen LogP contribution in [0, 0.1) is 0 Å². The first-order chi connectivity index (χ1) is 8.79. The number of hydrogen-bond donors (Lipinski definition) is 0. The molecule has 0 amide bonds. The summed E-state index contributed by atoms with van der Waals surface area (Å²) in [6.07, 6.45) is 0. The Morgan fingerprint density at radius 2 is 1.89 bits per heavy atom. The van der Waals surface area contributed by atoms with Gasteiger partial charge < -0.3 is 4.74 Å². The van der Waals surface area contributed by atoms with E-state index in [1.54, 1.807) is 20.8 Å². The molecule has 1 heterocycles. The molecular weight excluding hydrogens is 262 g/mol. The Bertz CT molecular complexity index is 570. The summed E-state index contributed by atoms with van der Waals surface area (Å²) < 4.78 is 29.0. The van der Waals surface area contributed by atoms with Crippen molar-refractivity contribution < 1.29 is 13.2 Å². The van der Waals surface area contributed by atoms with Crippen LogP contribution in [0.5, 0.6) is 0 Å². The summed E-state index contributed by atoms with van der Waals surface area (Å²) in [5, 5.41) is 0. The lowest BCUT2D eigenvalue weighted by molar-refractivity contribution is 0.324. The van der Waals surface area contributed by atoms with Gasteiger partial charge in [-0.15, -0.1) is 0 Å². The molecule has 0 aliphatic carbocycles. The highest BCUT2D eigenvalue weighted by molar-refractivity contribution is 7.92. The first-order valence-corrected chi connectivity index (χ1v) is 7.93. The van der Waals surface area contributed by atoms with E-state index in [2.05, 4.69) is 4.99 Å². The molecule has 1 aromatic carbocycles. The van der Waals surface area contributed by atoms with Crippen LogP contribution in [0.3, 0.4) is 0 Å². The SMILES string of the molecule is CC(C)(C)S(=O)(=O)C[C@H]1COC(c2ccccc2)=N1. The average molecular weight is 281 g/mol. The summed E-state index contributed by atoms with van der Waals surface area (Å²) in [6.45, 7) is 5.46. The Morgan fingerprint density at radius 3 is 2.47 bits per heavy atom. The molecule has 0 saturated carbocycles. The van der Waals surface area contributed by atoms with Crippen molar-refractivity contribution in [2.24, 2.45) is 4.99 Å². The van der Waals surface area contributed by atoms with Crippen molar-refractivity contribution in [2.45, 2.75) is 31.6 Å². The van der Waals surface area contributed by atoms with Crippen LogP contribution in [-0.4, -0.2) is 37.5 Å². The monoisotopic (exact) mass is 281 g/mol. The summed E-state index contributed by atoms with van der Waals surface area (Å²) in [6, 6.07) is 9.22. The highest BCUT2D eigenvalue weighted by Gasteiger charge is 2.33. The Kier molecular flexibility index (Phi) is 3.67. The lowest BCUT2D eigenvalue weighted by Crippen LogP contribution is -2.35. The van der Waals surface area contributed by atoms with Gasteiger partial charge in [-0.25, -0.2) is 13.4 Å². The summed E-state index contributed by atoms with van der Waals surface area (Å²) in [5.41, 5.74) is 0.887. The molecule has 19 heavy (non-hydrogen) atoms. The molecule has 0 saturated heterocycles. The molecule has 0 N–H and O–H groups in total. The minimum atomic E-state index is -3.17. The van der Waals surface area contributed by atoms with Gasteiger partial charge in [0.2, 0.25) is 5.90 Å². The van der Waals surface area contributed by atoms with Crippen LogP contribution < -0.4 is 0 Å². The number of ether oxygens (including phenoxy) is 1. The third-order valence-corrected chi connectivity index (χ3v) is 5.77. The zero-order valence-electron chi connectivity index (χ0n) is 11.5. The number of benzene rings is 1. The van der Waals surface area contributed by atoms with E-state index in [0.717, 1.165) is 5.56 Å². The van der Waals surface area contributed by atoms with Gasteiger partial charge >= 0.3 is 0 Å². The molecule has 1 aliphatic heterocycles. The summed E-state index contributed by atoms with van der Waals surface area (Å²) in [7, 11) is -3.17. The lowest BCUT2D eigenvalue weighted by Gasteiger charge is -2.20. The fourth-order valence-corrected chi connectivity index (χ4v) is 2.92. The molecule has 0 fully saturated rings. The molecule has 0 radical (unpaired) electrons. The predicted molar refractivity (Wildman–Crippen MR) is 76.3 cm³/mol. The minimum Gasteiger partial charge on any atom is -0.475 e. The Morgan fingerprint density at radius 1 is 1.26 bits per heavy atom. The van der Waals surface area contributed by atoms with Gasteiger partial charge in [-0.2, -0.15) is 0 Å². The fourth-order valence-electron chi connectivity index (χ4n) is 1.74. The molecule has 5 heteroatoms. The van der Waals surface area contributed by atoms with Gasteiger partial charge in [0.25, 0.3) is 0 Å². The second-order valence-electron chi connectivity index (χ2n) is 5.66. The van der Waals surface area contributed by atoms with Gasteiger partial charge in [-0.1, -0.05) is 18.2 Å². The number of aliphatic imine (C=N–C) groups is 1. The highest BCUT2D eigenvalue weighted by Crippen LogP contribution is 2.20. The van der Waals surface area contributed by atoms with E-state index in [-0.39, 0.29) is 11.8 Å². The maximum Gasteiger partial charge on any atom is 0.216 e. The molecule has 1 aliphatic rings. The maximum absolute atomic E-state index is 12.1. The first-order valence-electron chi connectivity index (χ1n) is 6.28. The molecule has 1 aromatic rings. The van der Waals surface area contributed by atoms with Gasteiger partial charge in [0.05, 0.1) is 10.5 Å². The molecule has 1 atom stereocenters. The molecule has 0 unspecified atom stereocenters. The van der Waals surface area contributed by atoms with Crippen LogP contribution in [0.25, 0.3) is 0 Å². The van der Waals surface area contributed by atoms with Gasteiger partial charge in [-0.3, -0.25) is 0 Å². The number of rotatable bonds is 3. The molecule has 0 aromatic heterocycles. The zero-order valence-corrected chi connectivity index (χ0v) is 12.3. The van der Waals surface area contributed by atoms with Crippen LogP contribution in [-0.2, 0) is 14.6 Å². The molecule has 104 valence electrons. The lowest BCUT2D eigenvalue weighted by atomic mass is 10.2. The van der Waals surface area contributed by atoms with Crippen LogP contribution in [0.15, 0.2) is 35.3 Å². The van der Waals surface area contributed by atoms with Gasteiger partial charge in [-0.05, 0) is 32.9 Å². The van der Waals surface area contributed by atoms with E-state index in [1.807, 2.05) is 30.3 Å². The van der Waals surface area contributed by atoms with E-state index in [4.69, 9.17) is 4.74 Å². The van der Waals surface area contributed by atoms with E-state index < -0.39 is 14.6 Å². The average Bonchev–Trinajstić information content (AvgIpc) is 2.76. The van der Waals surface area contributed by atoms with Crippen LogP contribution in [0.1, 0.15) is 26.3 Å². The van der Waals surface area contributed by atoms with Crippen LogP contribution >= 0.6 is 0 Å². The second kappa shape index (κ2) is 4.96. The van der Waals surface area contributed by atoms with Gasteiger partial charge in [0.1, 0.15) is 12.6 Å². The normalized spacial score (nSPS) is 19.9. The van der Waals surface area contributed by atoms with Crippen molar-refractivity contribution in [1.29, 1.82) is 0 Å². The van der Waals surface area contributed by atoms with E-state index >= 15 is 0 Å². The third-order valence-electron chi connectivity index (χ3n) is 3.08. The van der Waals surface area contributed by atoms with Crippen molar-refractivity contribution in [2.75, 3.05) is 12.4 Å². The van der Waals surface area contributed by atoms with Crippen molar-refractivity contribution in [1.82, 2.24) is 0 Å². The molecule has 2 rings (SSSR count). The summed E-state index contributed by atoms with van der Waals surface area (Å²) in [4.78, 5) is 4.37. The van der Waals surface area contributed by atoms with E-state index in [9.17, 15) is 8.42 Å². The number of nitrogens with zero attached hydrogens (tertiary/aromatic N) is 1. The van der Waals surface area contributed by atoms with E-state index in [1.165, 1.54) is 0 Å². The zero-order chi connectivity index (χ0) is 14.1. The quantitative estimate of drug-likeness (QED) is 0.852. The molecule has 0 bridgehead atoms. The van der Waals surface area contributed by atoms with Crippen LogP contribution in [0.4, 0.5) is 0 Å². The fraction of sp³-hybridized carbons (Fsp3) is 0.500. The predicted octanol–water partition coefficient (Wildman–Crippen LogP) is 2.05. The Hall–Kier alpha value is -1.36. The topological polar surface area (TPSA) is 55.7 Å². The molecular formula is C14H19NO3S. The minimum absolute atomic E-state index is 0.0346. The number of sulfone groups is 1. The van der Waals surface area contributed by atoms with Crippen molar-refractivity contribution >= 4 is 15.7 Å². The van der Waals surface area contributed by atoms with Crippen molar-refractivity contribution in [3.8, 4) is 0 Å². The third kappa shape index (κ3) is 3.15. The Labute approximate surface area is 114 Å². The smallest absolute Gasteiger partial charge is 0.216 e. The van der Waals surface area contributed by atoms with Gasteiger partial charge in [0.15, 0.2) is 9.84 Å². The standard InChI is InChI=1S/C14H19NO3S/c1-14(2,3)19(16,17)10-12-9-18-13(15-12)11-7-5-4-6-8-11/h4-8,12H,9-10H2,1-3H3/t12-/m1/s1. The van der Waals surface area contributed by atoms with Gasteiger partial charge in [0, 0.05) is 5.56 Å². The summed E-state index contributed by atoms with van der Waals surface area (Å²) in [5.74, 6) is 0.571. The number of hydrogen-bond acceptors (Lipinski definition) is 4. The first kappa shape index (κ1) is 14.1. The second-order valence-corrected chi connectivity index (χ2v) is 8.45. The van der Waals surface area contributed by atoms with E-state index in [0.29, 0.717) is 12.5 Å². The van der Waals surface area contributed by atoms with Crippen molar-refractivity contribution in [3.63, 3.8) is 0 Å². The Balaban J connectivity index is 2.13. The molecule has 0 spiro atoms.